The van der Waals surface area contributed by atoms with Crippen molar-refractivity contribution < 1.29 is 39.1 Å². The Balaban J connectivity index is -0.000000269. The molecule has 0 saturated carbocycles. The lowest BCUT2D eigenvalue weighted by atomic mass is 10.4. The zero-order chi connectivity index (χ0) is 17.8. The van der Waals surface area contributed by atoms with E-state index in [0.29, 0.717) is 26.4 Å². The van der Waals surface area contributed by atoms with Gasteiger partial charge >= 0.3 is 0 Å². The Morgan fingerprint density at radius 1 is 1.05 bits per heavy atom. The number of aliphatic hydroxyl groups excluding tert-OH is 2. The molecule has 0 radical (unpaired) electrons. The van der Waals surface area contributed by atoms with Crippen LogP contribution in [0.5, 0.6) is 0 Å². The zero-order valence-electron chi connectivity index (χ0n) is 14.3. The molecule has 8 nitrogen and oxygen atoms in total. The average molecular weight is 328 g/mol. The minimum Gasteiger partial charge on any atom is -0.481 e. The van der Waals surface area contributed by atoms with E-state index < -0.39 is 5.97 Å². The summed E-state index contributed by atoms with van der Waals surface area (Å²) in [7, 11) is 3.25. The molecular formula is C14H32O8. The van der Waals surface area contributed by atoms with Crippen LogP contribution in [0, 0.1) is 0 Å². The van der Waals surface area contributed by atoms with Gasteiger partial charge < -0.3 is 34.3 Å². The molecule has 0 aliphatic carbocycles. The standard InChI is InChI=1S/C7H16O3.C5H12O3.C2H4O2/c1-6(4-8)10-5-7(2)9-3;1-7-4-5-8-3-2-6;1-2(3)4/h6-8H,4-5H2,1-3H3;6H,2-5H2,1H3;1H3,(H,3,4). The van der Waals surface area contributed by atoms with Crippen molar-refractivity contribution in [2.75, 3.05) is 53.9 Å². The highest BCUT2D eigenvalue weighted by Crippen LogP contribution is 1.93. The summed E-state index contributed by atoms with van der Waals surface area (Å²) in [5.74, 6) is -0.833. The number of methoxy groups -OCH3 is 2. The van der Waals surface area contributed by atoms with Crippen LogP contribution in [0.25, 0.3) is 0 Å². The summed E-state index contributed by atoms with van der Waals surface area (Å²) < 4.78 is 19.6. The van der Waals surface area contributed by atoms with Gasteiger partial charge in [0.15, 0.2) is 0 Å². The Labute approximate surface area is 132 Å². The summed E-state index contributed by atoms with van der Waals surface area (Å²) in [5, 5.41) is 24.2. The van der Waals surface area contributed by atoms with Crippen molar-refractivity contribution in [3.05, 3.63) is 0 Å². The molecule has 0 amide bonds. The van der Waals surface area contributed by atoms with Crippen LogP contribution in [0.15, 0.2) is 0 Å². The molecule has 3 N–H and O–H groups in total. The largest absolute Gasteiger partial charge is 0.481 e. The maximum absolute atomic E-state index is 9.00. The summed E-state index contributed by atoms with van der Waals surface area (Å²) >= 11 is 0. The molecule has 8 heteroatoms. The third-order valence-corrected chi connectivity index (χ3v) is 1.94. The zero-order valence-corrected chi connectivity index (χ0v) is 14.3. The van der Waals surface area contributed by atoms with Crippen LogP contribution in [0.1, 0.15) is 20.8 Å². The van der Waals surface area contributed by atoms with Gasteiger partial charge in [-0.15, -0.1) is 0 Å². The van der Waals surface area contributed by atoms with E-state index in [2.05, 4.69) is 4.74 Å². The quantitative estimate of drug-likeness (QED) is 0.486. The lowest BCUT2D eigenvalue weighted by molar-refractivity contribution is -0.134. The molecule has 0 saturated heterocycles. The maximum Gasteiger partial charge on any atom is 0.300 e. The molecule has 0 heterocycles. The average Bonchev–Trinajstić information content (AvgIpc) is 2.49. The number of carbonyl (C=O) groups is 1. The van der Waals surface area contributed by atoms with Crippen molar-refractivity contribution in [3.8, 4) is 0 Å². The van der Waals surface area contributed by atoms with E-state index >= 15 is 0 Å². The highest BCUT2D eigenvalue weighted by Gasteiger charge is 2.03. The van der Waals surface area contributed by atoms with E-state index in [1.807, 2.05) is 13.8 Å². The third-order valence-electron chi connectivity index (χ3n) is 1.94. The molecule has 0 bridgehead atoms. The smallest absolute Gasteiger partial charge is 0.300 e. The number of aliphatic hydroxyl groups is 2. The Morgan fingerprint density at radius 2 is 1.59 bits per heavy atom. The number of hydrogen-bond donors (Lipinski definition) is 3. The Kier molecular flexibility index (Phi) is 26.8. The first kappa shape index (κ1) is 26.1. The molecule has 0 aromatic carbocycles. The van der Waals surface area contributed by atoms with Crippen molar-refractivity contribution in [1.82, 2.24) is 0 Å². The first-order chi connectivity index (χ1) is 10.3. The minimum absolute atomic E-state index is 0.0659. The molecule has 0 aromatic heterocycles. The Morgan fingerprint density at radius 3 is 1.95 bits per heavy atom. The van der Waals surface area contributed by atoms with E-state index in [4.69, 9.17) is 34.3 Å². The van der Waals surface area contributed by atoms with Gasteiger partial charge in [0, 0.05) is 21.1 Å². The van der Waals surface area contributed by atoms with Crippen molar-refractivity contribution in [2.24, 2.45) is 0 Å². The predicted molar refractivity (Wildman–Crippen MR) is 82.1 cm³/mol. The molecular weight excluding hydrogens is 296 g/mol. The highest BCUT2D eigenvalue weighted by molar-refractivity contribution is 5.62. The second-order valence-corrected chi connectivity index (χ2v) is 4.22. The summed E-state index contributed by atoms with van der Waals surface area (Å²) in [4.78, 5) is 9.00. The van der Waals surface area contributed by atoms with Gasteiger partial charge in [0.25, 0.3) is 5.97 Å². The van der Waals surface area contributed by atoms with Gasteiger partial charge in [0.05, 0.1) is 51.8 Å². The van der Waals surface area contributed by atoms with E-state index in [1.54, 1.807) is 14.2 Å². The number of carboxylic acids is 1. The van der Waals surface area contributed by atoms with Crippen molar-refractivity contribution in [3.63, 3.8) is 0 Å². The monoisotopic (exact) mass is 328 g/mol. The Hall–Kier alpha value is -0.770. The molecule has 22 heavy (non-hydrogen) atoms. The lowest BCUT2D eigenvalue weighted by Gasteiger charge is -2.13. The van der Waals surface area contributed by atoms with Crippen LogP contribution >= 0.6 is 0 Å². The Bertz CT molecular complexity index is 193. The molecule has 2 atom stereocenters. The number of aliphatic carboxylic acids is 1. The van der Waals surface area contributed by atoms with Crippen LogP contribution in [-0.2, 0) is 23.7 Å². The van der Waals surface area contributed by atoms with Gasteiger partial charge in [-0.1, -0.05) is 0 Å². The number of ether oxygens (including phenoxy) is 4. The van der Waals surface area contributed by atoms with Crippen LogP contribution in [0.2, 0.25) is 0 Å². The highest BCUT2D eigenvalue weighted by atomic mass is 16.5. The molecule has 0 aromatic rings. The van der Waals surface area contributed by atoms with E-state index in [0.717, 1.165) is 6.92 Å². The summed E-state index contributed by atoms with van der Waals surface area (Å²) in [6.45, 7) is 7.09. The van der Waals surface area contributed by atoms with Crippen LogP contribution < -0.4 is 0 Å². The molecule has 2 unspecified atom stereocenters. The van der Waals surface area contributed by atoms with E-state index in [1.165, 1.54) is 0 Å². The van der Waals surface area contributed by atoms with Crippen molar-refractivity contribution >= 4 is 5.97 Å². The topological polar surface area (TPSA) is 115 Å². The molecule has 0 aliphatic rings. The van der Waals surface area contributed by atoms with Crippen LogP contribution in [-0.4, -0.2) is 87.4 Å². The van der Waals surface area contributed by atoms with E-state index in [-0.39, 0.29) is 25.4 Å². The van der Waals surface area contributed by atoms with Crippen LogP contribution in [0.4, 0.5) is 0 Å². The van der Waals surface area contributed by atoms with Gasteiger partial charge in [-0.25, -0.2) is 0 Å². The minimum atomic E-state index is -0.833. The summed E-state index contributed by atoms with van der Waals surface area (Å²) in [5.41, 5.74) is 0. The molecule has 0 aliphatic heterocycles. The second kappa shape index (κ2) is 22.5. The lowest BCUT2D eigenvalue weighted by Crippen LogP contribution is -2.21. The number of rotatable bonds is 10. The third kappa shape index (κ3) is 36.5. The van der Waals surface area contributed by atoms with Gasteiger partial charge in [-0.2, -0.15) is 0 Å². The normalized spacial score (nSPS) is 12.3. The SMILES string of the molecule is CC(=O)O.COC(C)COC(C)CO.COCCOCCO. The molecule has 136 valence electrons. The van der Waals surface area contributed by atoms with Crippen molar-refractivity contribution in [1.29, 1.82) is 0 Å². The first-order valence-corrected chi connectivity index (χ1v) is 6.97. The second-order valence-electron chi connectivity index (χ2n) is 4.22. The van der Waals surface area contributed by atoms with E-state index in [9.17, 15) is 0 Å². The van der Waals surface area contributed by atoms with Crippen molar-refractivity contribution in [2.45, 2.75) is 33.0 Å². The van der Waals surface area contributed by atoms with Gasteiger partial charge in [-0.3, -0.25) is 4.79 Å². The van der Waals surface area contributed by atoms with Gasteiger partial charge in [0.1, 0.15) is 0 Å². The fourth-order valence-electron chi connectivity index (χ4n) is 0.729. The van der Waals surface area contributed by atoms with Gasteiger partial charge in [0.2, 0.25) is 0 Å². The number of hydrogen-bond acceptors (Lipinski definition) is 7. The predicted octanol–water partition coefficient (Wildman–Crippen LogP) is 0.151. The fourth-order valence-corrected chi connectivity index (χ4v) is 0.729. The van der Waals surface area contributed by atoms with Crippen LogP contribution in [0.3, 0.4) is 0 Å². The maximum atomic E-state index is 9.00. The molecule has 0 rings (SSSR count). The van der Waals surface area contributed by atoms with Gasteiger partial charge in [-0.05, 0) is 13.8 Å². The first-order valence-electron chi connectivity index (χ1n) is 6.97. The molecule has 0 spiro atoms. The number of carboxylic acid groups (broad SMARTS) is 1. The fraction of sp³-hybridized carbons (Fsp3) is 0.929. The summed E-state index contributed by atoms with van der Waals surface area (Å²) in [6, 6.07) is 0. The molecule has 0 fully saturated rings. The summed E-state index contributed by atoms with van der Waals surface area (Å²) in [6.07, 6.45) is 0.0200.